The summed E-state index contributed by atoms with van der Waals surface area (Å²) in [6.45, 7) is 1.86. The smallest absolute Gasteiger partial charge is 0.127 e. The molecular formula is C14H19ClFN. The number of nitrogens with one attached hydrogen (secondary N) is 1. The number of hydrogen-bond donors (Lipinski definition) is 1. The van der Waals surface area contributed by atoms with E-state index in [1.54, 1.807) is 12.1 Å². The van der Waals surface area contributed by atoms with Crippen LogP contribution in [-0.2, 0) is 6.42 Å². The molecule has 2 rings (SSSR count). The van der Waals surface area contributed by atoms with Gasteiger partial charge in [-0.05, 0) is 50.4 Å². The molecule has 1 N–H and O–H groups in total. The maximum absolute atomic E-state index is 13.5. The summed E-state index contributed by atoms with van der Waals surface area (Å²) in [6, 6.07) is 4.86. The Morgan fingerprint density at radius 1 is 1.29 bits per heavy atom. The zero-order valence-electron chi connectivity index (χ0n) is 10.0. The summed E-state index contributed by atoms with van der Waals surface area (Å²) in [6.07, 6.45) is 6.08. The van der Waals surface area contributed by atoms with Crippen LogP contribution in [0.25, 0.3) is 0 Å². The van der Waals surface area contributed by atoms with Crippen molar-refractivity contribution in [3.63, 3.8) is 0 Å². The summed E-state index contributed by atoms with van der Waals surface area (Å²) in [5.74, 6) is 0.631. The van der Waals surface area contributed by atoms with Gasteiger partial charge in [0.2, 0.25) is 0 Å². The first-order valence-corrected chi connectivity index (χ1v) is 6.79. The SMILES string of the molecule is Fc1cccc(Cl)c1CCNCC1CCCC1. The highest BCUT2D eigenvalue weighted by molar-refractivity contribution is 6.31. The van der Waals surface area contributed by atoms with Crippen molar-refractivity contribution in [2.75, 3.05) is 13.1 Å². The van der Waals surface area contributed by atoms with Gasteiger partial charge in [-0.3, -0.25) is 0 Å². The fourth-order valence-electron chi connectivity index (χ4n) is 2.51. The van der Waals surface area contributed by atoms with Crippen molar-refractivity contribution in [1.29, 1.82) is 0 Å². The molecule has 0 unspecified atom stereocenters. The Hall–Kier alpha value is -0.600. The van der Waals surface area contributed by atoms with Gasteiger partial charge in [-0.2, -0.15) is 0 Å². The summed E-state index contributed by atoms with van der Waals surface area (Å²) in [7, 11) is 0. The molecule has 1 aromatic rings. The van der Waals surface area contributed by atoms with Crippen molar-refractivity contribution in [3.8, 4) is 0 Å². The Morgan fingerprint density at radius 2 is 2.06 bits per heavy atom. The quantitative estimate of drug-likeness (QED) is 0.789. The van der Waals surface area contributed by atoms with Crippen LogP contribution in [0.3, 0.4) is 0 Å². The first-order valence-electron chi connectivity index (χ1n) is 6.41. The molecule has 0 radical (unpaired) electrons. The standard InChI is InChI=1S/C14H19ClFN/c15-13-6-3-7-14(16)12(13)8-9-17-10-11-4-1-2-5-11/h3,6-7,11,17H,1-2,4-5,8-10H2. The van der Waals surface area contributed by atoms with E-state index in [9.17, 15) is 4.39 Å². The summed E-state index contributed by atoms with van der Waals surface area (Å²) >= 11 is 5.97. The number of benzene rings is 1. The highest BCUT2D eigenvalue weighted by Crippen LogP contribution is 2.23. The van der Waals surface area contributed by atoms with Gasteiger partial charge in [0.1, 0.15) is 5.82 Å². The van der Waals surface area contributed by atoms with Gasteiger partial charge in [0.05, 0.1) is 0 Å². The third-order valence-electron chi connectivity index (χ3n) is 3.52. The van der Waals surface area contributed by atoms with Crippen molar-refractivity contribution in [2.24, 2.45) is 5.92 Å². The lowest BCUT2D eigenvalue weighted by atomic mass is 10.1. The molecule has 17 heavy (non-hydrogen) atoms. The average molecular weight is 256 g/mol. The van der Waals surface area contributed by atoms with E-state index in [-0.39, 0.29) is 5.82 Å². The van der Waals surface area contributed by atoms with E-state index >= 15 is 0 Å². The maximum atomic E-state index is 13.5. The van der Waals surface area contributed by atoms with Gasteiger partial charge in [0, 0.05) is 10.6 Å². The minimum absolute atomic E-state index is 0.194. The number of hydrogen-bond acceptors (Lipinski definition) is 1. The summed E-state index contributed by atoms with van der Waals surface area (Å²) in [4.78, 5) is 0. The van der Waals surface area contributed by atoms with Crippen molar-refractivity contribution in [1.82, 2.24) is 5.32 Å². The second kappa shape index (κ2) is 6.36. The Kier molecular flexibility index (Phi) is 4.81. The molecule has 3 heteroatoms. The molecule has 0 bridgehead atoms. The minimum Gasteiger partial charge on any atom is -0.316 e. The van der Waals surface area contributed by atoms with Gasteiger partial charge in [0.15, 0.2) is 0 Å². The predicted molar refractivity (Wildman–Crippen MR) is 69.9 cm³/mol. The van der Waals surface area contributed by atoms with E-state index in [0.29, 0.717) is 17.0 Å². The lowest BCUT2D eigenvalue weighted by Gasteiger charge is -2.11. The van der Waals surface area contributed by atoms with Gasteiger partial charge in [-0.15, -0.1) is 0 Å². The zero-order valence-corrected chi connectivity index (χ0v) is 10.8. The monoisotopic (exact) mass is 255 g/mol. The molecule has 1 saturated carbocycles. The fourth-order valence-corrected chi connectivity index (χ4v) is 2.76. The van der Waals surface area contributed by atoms with Crippen molar-refractivity contribution in [2.45, 2.75) is 32.1 Å². The Bertz CT molecular complexity index is 341. The minimum atomic E-state index is -0.194. The summed E-state index contributed by atoms with van der Waals surface area (Å²) < 4.78 is 13.5. The molecule has 0 atom stereocenters. The Balaban J connectivity index is 1.74. The molecule has 94 valence electrons. The molecule has 1 aliphatic carbocycles. The van der Waals surface area contributed by atoms with Crippen LogP contribution < -0.4 is 5.32 Å². The van der Waals surface area contributed by atoms with Crippen molar-refractivity contribution < 1.29 is 4.39 Å². The van der Waals surface area contributed by atoms with Crippen LogP contribution in [0, 0.1) is 11.7 Å². The van der Waals surface area contributed by atoms with Crippen LogP contribution in [0.1, 0.15) is 31.2 Å². The van der Waals surface area contributed by atoms with Crippen LogP contribution >= 0.6 is 11.6 Å². The third kappa shape index (κ3) is 3.68. The normalized spacial score (nSPS) is 16.6. The average Bonchev–Trinajstić information content (AvgIpc) is 2.80. The third-order valence-corrected chi connectivity index (χ3v) is 3.88. The van der Waals surface area contributed by atoms with E-state index in [1.807, 2.05) is 0 Å². The second-order valence-electron chi connectivity index (χ2n) is 4.80. The molecule has 0 saturated heterocycles. The lowest BCUT2D eigenvalue weighted by molar-refractivity contribution is 0.489. The molecule has 0 heterocycles. The van der Waals surface area contributed by atoms with Crippen LogP contribution in [0.15, 0.2) is 18.2 Å². The van der Waals surface area contributed by atoms with E-state index in [0.717, 1.165) is 19.0 Å². The van der Waals surface area contributed by atoms with Crippen molar-refractivity contribution >= 4 is 11.6 Å². The fraction of sp³-hybridized carbons (Fsp3) is 0.571. The largest absolute Gasteiger partial charge is 0.316 e. The van der Waals surface area contributed by atoms with Gasteiger partial charge in [-0.1, -0.05) is 30.5 Å². The molecule has 1 aromatic carbocycles. The zero-order chi connectivity index (χ0) is 12.1. The molecule has 1 fully saturated rings. The van der Waals surface area contributed by atoms with Crippen LogP contribution in [0.2, 0.25) is 5.02 Å². The Labute approximate surface area is 107 Å². The van der Waals surface area contributed by atoms with Crippen LogP contribution in [0.5, 0.6) is 0 Å². The first-order chi connectivity index (χ1) is 8.27. The summed E-state index contributed by atoms with van der Waals surface area (Å²) in [5, 5.41) is 3.94. The topological polar surface area (TPSA) is 12.0 Å². The summed E-state index contributed by atoms with van der Waals surface area (Å²) in [5.41, 5.74) is 0.632. The molecule has 1 aliphatic rings. The predicted octanol–water partition coefficient (Wildman–Crippen LogP) is 3.80. The molecule has 1 nitrogen and oxygen atoms in total. The van der Waals surface area contributed by atoms with E-state index < -0.39 is 0 Å². The Morgan fingerprint density at radius 3 is 2.76 bits per heavy atom. The second-order valence-corrected chi connectivity index (χ2v) is 5.21. The molecular weight excluding hydrogens is 237 g/mol. The number of rotatable bonds is 5. The molecule has 0 aliphatic heterocycles. The number of halogens is 2. The lowest BCUT2D eigenvalue weighted by Crippen LogP contribution is -2.23. The molecule has 0 spiro atoms. The van der Waals surface area contributed by atoms with Gasteiger partial charge >= 0.3 is 0 Å². The van der Waals surface area contributed by atoms with E-state index in [4.69, 9.17) is 11.6 Å². The maximum Gasteiger partial charge on any atom is 0.127 e. The molecule has 0 amide bonds. The molecule has 0 aromatic heterocycles. The van der Waals surface area contributed by atoms with Gasteiger partial charge in [0.25, 0.3) is 0 Å². The van der Waals surface area contributed by atoms with Crippen LogP contribution in [0.4, 0.5) is 4.39 Å². The van der Waals surface area contributed by atoms with Gasteiger partial charge < -0.3 is 5.32 Å². The first kappa shape index (κ1) is 12.8. The van der Waals surface area contributed by atoms with E-state index in [1.165, 1.54) is 31.7 Å². The van der Waals surface area contributed by atoms with E-state index in [2.05, 4.69) is 5.32 Å². The van der Waals surface area contributed by atoms with Crippen molar-refractivity contribution in [3.05, 3.63) is 34.6 Å². The van der Waals surface area contributed by atoms with Crippen LogP contribution in [-0.4, -0.2) is 13.1 Å². The highest BCUT2D eigenvalue weighted by Gasteiger charge is 2.14. The highest BCUT2D eigenvalue weighted by atomic mass is 35.5. The van der Waals surface area contributed by atoms with Gasteiger partial charge in [-0.25, -0.2) is 4.39 Å².